The van der Waals surface area contributed by atoms with E-state index in [1.165, 1.54) is 23.7 Å². The molecule has 0 bridgehead atoms. The Labute approximate surface area is 258 Å². The summed E-state index contributed by atoms with van der Waals surface area (Å²) in [5.41, 5.74) is 6.61. The predicted molar refractivity (Wildman–Crippen MR) is 164 cm³/mol. The molecule has 3 aromatic rings. The second-order valence-corrected chi connectivity index (χ2v) is 14.0. The van der Waals surface area contributed by atoms with Gasteiger partial charge in [-0.25, -0.2) is 17.1 Å². The summed E-state index contributed by atoms with van der Waals surface area (Å²) in [6.45, 7) is 5.40. The first-order chi connectivity index (χ1) is 21.0. The number of carbonyl (C=O) groups excluding carboxylic acids is 1. The van der Waals surface area contributed by atoms with E-state index >= 15 is 4.39 Å². The highest BCUT2D eigenvalue weighted by Crippen LogP contribution is 2.45. The topological polar surface area (TPSA) is 91.4 Å². The Morgan fingerprint density at radius 2 is 1.73 bits per heavy atom. The number of esters is 1. The van der Waals surface area contributed by atoms with E-state index < -0.39 is 16.1 Å². The highest BCUT2D eigenvalue weighted by molar-refractivity contribution is 7.88. The van der Waals surface area contributed by atoms with Gasteiger partial charge in [-0.15, -0.1) is 0 Å². The summed E-state index contributed by atoms with van der Waals surface area (Å²) in [7, 11) is -1.81. The summed E-state index contributed by atoms with van der Waals surface area (Å²) in [4.78, 5) is 11.8. The molecule has 1 aliphatic carbocycles. The molecular formula is C34H38FNO7S. The Morgan fingerprint density at radius 3 is 2.41 bits per heavy atom. The van der Waals surface area contributed by atoms with Crippen molar-refractivity contribution in [3.05, 3.63) is 76.1 Å². The molecule has 3 aliphatic rings. The number of carbonyl (C=O) groups is 1. The van der Waals surface area contributed by atoms with Crippen LogP contribution in [0.5, 0.6) is 17.2 Å². The average molecular weight is 624 g/mol. The number of benzene rings is 3. The first kappa shape index (κ1) is 30.4. The lowest BCUT2D eigenvalue weighted by Gasteiger charge is -2.30. The van der Waals surface area contributed by atoms with Gasteiger partial charge in [0, 0.05) is 36.2 Å². The number of methoxy groups -OCH3 is 1. The Kier molecular flexibility index (Phi) is 8.32. The van der Waals surface area contributed by atoms with Crippen LogP contribution < -0.4 is 14.2 Å². The Hall–Kier alpha value is -3.63. The number of halogens is 1. The minimum atomic E-state index is -3.19. The van der Waals surface area contributed by atoms with Gasteiger partial charge in [0.1, 0.15) is 35.3 Å². The molecule has 2 heterocycles. The standard InChI is InChI=1S/C34H38FNO7S/c1-20-15-25(42-23-11-13-36(14-12-23)44(4,38)39)16-21(2)33(20)27-7-9-29(35)34-28(27)8-10-30(34)43-24-5-6-26-22(17-32(37)40-3)19-41-31(26)18-24/h5-7,9,15-16,18,22-23,30H,8,10-14,17,19H2,1-4H3/t22?,30-/m1/s1. The minimum absolute atomic E-state index is 0.0472. The molecule has 1 unspecified atom stereocenters. The summed E-state index contributed by atoms with van der Waals surface area (Å²) in [5.74, 6) is 1.42. The van der Waals surface area contributed by atoms with Gasteiger partial charge in [-0.05, 0) is 91.6 Å². The Morgan fingerprint density at radius 1 is 1.00 bits per heavy atom. The van der Waals surface area contributed by atoms with Crippen LogP contribution in [0.4, 0.5) is 4.39 Å². The summed E-state index contributed by atoms with van der Waals surface area (Å²) in [6, 6.07) is 13.0. The molecule has 2 aliphatic heterocycles. The summed E-state index contributed by atoms with van der Waals surface area (Å²) >= 11 is 0. The van der Waals surface area contributed by atoms with Crippen LogP contribution in [-0.2, 0) is 26.0 Å². The van der Waals surface area contributed by atoms with E-state index in [1.807, 2.05) is 50.2 Å². The number of nitrogens with zero attached hydrogens (tertiary/aromatic N) is 1. The fraction of sp³-hybridized carbons (Fsp3) is 0.441. The minimum Gasteiger partial charge on any atom is -0.492 e. The lowest BCUT2D eigenvalue weighted by Crippen LogP contribution is -2.41. The SMILES string of the molecule is COC(=O)CC1COc2cc(O[C@@H]3CCc4c(-c5c(C)cc(OC6CCN(S(C)(=O)=O)CC6)cc5C)ccc(F)c43)ccc21. The molecule has 3 aromatic carbocycles. The number of hydrogen-bond acceptors (Lipinski definition) is 7. The highest BCUT2D eigenvalue weighted by Gasteiger charge is 2.33. The van der Waals surface area contributed by atoms with Gasteiger partial charge in [-0.1, -0.05) is 12.1 Å². The van der Waals surface area contributed by atoms with Crippen LogP contribution in [0.2, 0.25) is 0 Å². The molecule has 10 heteroatoms. The van der Waals surface area contributed by atoms with E-state index in [4.69, 9.17) is 18.9 Å². The van der Waals surface area contributed by atoms with Crippen molar-refractivity contribution in [2.45, 2.75) is 64.1 Å². The summed E-state index contributed by atoms with van der Waals surface area (Å²) < 4.78 is 63.9. The first-order valence-corrected chi connectivity index (χ1v) is 16.9. The third kappa shape index (κ3) is 6.02. The molecular weight excluding hydrogens is 585 g/mol. The predicted octanol–water partition coefficient (Wildman–Crippen LogP) is 6.02. The van der Waals surface area contributed by atoms with E-state index in [9.17, 15) is 13.2 Å². The van der Waals surface area contributed by atoms with Gasteiger partial charge in [-0.3, -0.25) is 4.79 Å². The fourth-order valence-corrected chi connectivity index (χ4v) is 7.74. The number of aryl methyl sites for hydroxylation is 2. The number of piperidine rings is 1. The van der Waals surface area contributed by atoms with Gasteiger partial charge in [0.2, 0.25) is 10.0 Å². The molecule has 0 N–H and O–H groups in total. The van der Waals surface area contributed by atoms with Crippen molar-refractivity contribution < 1.29 is 36.6 Å². The largest absolute Gasteiger partial charge is 0.492 e. The number of fused-ring (bicyclic) bond motifs is 2. The van der Waals surface area contributed by atoms with Crippen LogP contribution in [0.3, 0.4) is 0 Å². The maximum Gasteiger partial charge on any atom is 0.306 e. The lowest BCUT2D eigenvalue weighted by atomic mass is 9.90. The maximum absolute atomic E-state index is 15.4. The van der Waals surface area contributed by atoms with Crippen molar-refractivity contribution >= 4 is 16.0 Å². The van der Waals surface area contributed by atoms with Crippen molar-refractivity contribution in [1.29, 1.82) is 0 Å². The molecule has 2 atom stereocenters. The third-order valence-electron chi connectivity index (χ3n) is 9.01. The Balaban J connectivity index is 1.20. The number of hydrogen-bond donors (Lipinski definition) is 0. The average Bonchev–Trinajstić information content (AvgIpc) is 3.58. The fourth-order valence-electron chi connectivity index (χ4n) is 6.86. The van der Waals surface area contributed by atoms with Crippen LogP contribution in [0.25, 0.3) is 11.1 Å². The van der Waals surface area contributed by atoms with E-state index in [-0.39, 0.29) is 30.2 Å². The molecule has 1 saturated heterocycles. The van der Waals surface area contributed by atoms with Crippen molar-refractivity contribution in [3.8, 4) is 28.4 Å². The van der Waals surface area contributed by atoms with Crippen LogP contribution >= 0.6 is 0 Å². The molecule has 6 rings (SSSR count). The van der Waals surface area contributed by atoms with Gasteiger partial charge in [-0.2, -0.15) is 0 Å². The quantitative estimate of drug-likeness (QED) is 0.284. The molecule has 234 valence electrons. The van der Waals surface area contributed by atoms with Crippen molar-refractivity contribution in [1.82, 2.24) is 4.31 Å². The second kappa shape index (κ2) is 12.0. The van der Waals surface area contributed by atoms with Crippen molar-refractivity contribution in [2.75, 3.05) is 33.1 Å². The number of ether oxygens (including phenoxy) is 4. The van der Waals surface area contributed by atoms with Crippen LogP contribution in [0.1, 0.15) is 65.5 Å². The van der Waals surface area contributed by atoms with Crippen LogP contribution in [-0.4, -0.2) is 57.9 Å². The highest BCUT2D eigenvalue weighted by atomic mass is 32.2. The summed E-state index contributed by atoms with van der Waals surface area (Å²) in [6.07, 6.45) is 3.64. The summed E-state index contributed by atoms with van der Waals surface area (Å²) in [5, 5.41) is 0. The molecule has 1 fully saturated rings. The van der Waals surface area contributed by atoms with Gasteiger partial charge >= 0.3 is 5.97 Å². The van der Waals surface area contributed by atoms with Crippen molar-refractivity contribution in [3.63, 3.8) is 0 Å². The molecule has 0 radical (unpaired) electrons. The van der Waals surface area contributed by atoms with Gasteiger partial charge in [0.25, 0.3) is 0 Å². The monoisotopic (exact) mass is 623 g/mol. The van der Waals surface area contributed by atoms with Gasteiger partial charge in [0.05, 0.1) is 26.4 Å². The van der Waals surface area contributed by atoms with E-state index in [1.54, 1.807) is 0 Å². The normalized spacial score (nSPS) is 20.1. The second-order valence-electron chi connectivity index (χ2n) is 12.0. The number of rotatable bonds is 8. The third-order valence-corrected chi connectivity index (χ3v) is 10.3. The van der Waals surface area contributed by atoms with Crippen LogP contribution in [0, 0.1) is 19.7 Å². The van der Waals surface area contributed by atoms with Gasteiger partial charge < -0.3 is 18.9 Å². The molecule has 0 amide bonds. The van der Waals surface area contributed by atoms with Crippen molar-refractivity contribution in [2.24, 2.45) is 0 Å². The molecule has 0 spiro atoms. The van der Waals surface area contributed by atoms with Gasteiger partial charge in [0.15, 0.2) is 0 Å². The van der Waals surface area contributed by atoms with E-state index in [0.29, 0.717) is 62.4 Å². The van der Waals surface area contributed by atoms with E-state index in [2.05, 4.69) is 0 Å². The number of sulfonamides is 1. The zero-order chi connectivity index (χ0) is 31.2. The van der Waals surface area contributed by atoms with E-state index in [0.717, 1.165) is 39.1 Å². The lowest BCUT2D eigenvalue weighted by molar-refractivity contribution is -0.141. The van der Waals surface area contributed by atoms with Crippen LogP contribution in [0.15, 0.2) is 42.5 Å². The molecule has 0 aromatic heterocycles. The zero-order valence-electron chi connectivity index (χ0n) is 25.5. The zero-order valence-corrected chi connectivity index (χ0v) is 26.3. The molecule has 8 nitrogen and oxygen atoms in total. The maximum atomic E-state index is 15.4. The smallest absolute Gasteiger partial charge is 0.306 e. The molecule has 0 saturated carbocycles. The Bertz CT molecular complexity index is 1670. The first-order valence-electron chi connectivity index (χ1n) is 15.1. The molecule has 44 heavy (non-hydrogen) atoms.